The first-order chi connectivity index (χ1) is 16.4. The summed E-state index contributed by atoms with van der Waals surface area (Å²) >= 11 is 1.52. The van der Waals surface area contributed by atoms with Gasteiger partial charge in [-0.05, 0) is 61.2 Å². The summed E-state index contributed by atoms with van der Waals surface area (Å²) in [6, 6.07) is 15.9. The smallest absolute Gasteiger partial charge is 0.287 e. The Kier molecular flexibility index (Phi) is 5.91. The Morgan fingerprint density at radius 3 is 2.56 bits per heavy atom. The van der Waals surface area contributed by atoms with Crippen molar-refractivity contribution < 1.29 is 18.8 Å². The molecule has 0 saturated heterocycles. The van der Waals surface area contributed by atoms with Gasteiger partial charge in [0.1, 0.15) is 6.04 Å². The molecular weight excluding hydrogens is 450 g/mol. The zero-order valence-corrected chi connectivity index (χ0v) is 19.7. The fourth-order valence-electron chi connectivity index (χ4n) is 4.03. The zero-order valence-electron chi connectivity index (χ0n) is 18.9. The largest absolute Gasteiger partial charge is 0.459 e. The van der Waals surface area contributed by atoms with Crippen LogP contribution in [0.4, 0.5) is 11.4 Å². The lowest BCUT2D eigenvalue weighted by Crippen LogP contribution is -2.47. The molecule has 1 aromatic heterocycles. The number of amides is 3. The summed E-state index contributed by atoms with van der Waals surface area (Å²) < 4.78 is 5.14. The second-order valence-corrected chi connectivity index (χ2v) is 9.93. The van der Waals surface area contributed by atoms with Crippen LogP contribution in [0.2, 0.25) is 0 Å². The number of carbonyl (C=O) groups excluding carboxylic acids is 3. The lowest BCUT2D eigenvalue weighted by Gasteiger charge is -2.24. The number of hydrogen-bond acceptors (Lipinski definition) is 5. The molecule has 1 atom stereocenters. The summed E-state index contributed by atoms with van der Waals surface area (Å²) in [5, 5.41) is 5.70. The van der Waals surface area contributed by atoms with Gasteiger partial charge in [-0.1, -0.05) is 37.7 Å². The third-order valence-electron chi connectivity index (χ3n) is 5.94. The van der Waals surface area contributed by atoms with E-state index in [9.17, 15) is 14.4 Å². The van der Waals surface area contributed by atoms with Crippen LogP contribution in [-0.4, -0.2) is 29.8 Å². The highest BCUT2D eigenvalue weighted by molar-refractivity contribution is 7.99. The van der Waals surface area contributed by atoms with E-state index in [2.05, 4.69) is 10.6 Å². The number of nitrogens with zero attached hydrogens (tertiary/aromatic N) is 1. The first kappa shape index (κ1) is 22.3. The maximum Gasteiger partial charge on any atom is 0.287 e. The number of carbonyl (C=O) groups is 3. The van der Waals surface area contributed by atoms with E-state index >= 15 is 0 Å². The molecule has 1 saturated carbocycles. The predicted molar refractivity (Wildman–Crippen MR) is 130 cm³/mol. The van der Waals surface area contributed by atoms with Gasteiger partial charge in [-0.2, -0.15) is 0 Å². The molecule has 0 spiro atoms. The summed E-state index contributed by atoms with van der Waals surface area (Å²) in [7, 11) is 0. The van der Waals surface area contributed by atoms with Crippen molar-refractivity contribution in [2.24, 2.45) is 5.92 Å². The predicted octanol–water partition coefficient (Wildman–Crippen LogP) is 4.95. The zero-order chi connectivity index (χ0) is 23.8. The Bertz CT molecular complexity index is 1250. The van der Waals surface area contributed by atoms with Gasteiger partial charge in [0.05, 0.1) is 17.5 Å². The molecule has 5 rings (SSSR count). The molecule has 1 aliphatic carbocycles. The van der Waals surface area contributed by atoms with Crippen molar-refractivity contribution in [3.8, 4) is 0 Å². The first-order valence-corrected chi connectivity index (χ1v) is 12.1. The average molecular weight is 476 g/mol. The molecule has 1 aliphatic heterocycles. The van der Waals surface area contributed by atoms with Crippen molar-refractivity contribution in [2.75, 3.05) is 10.2 Å². The summed E-state index contributed by atoms with van der Waals surface area (Å²) in [5.74, 6) is -0.718. The van der Waals surface area contributed by atoms with E-state index in [4.69, 9.17) is 4.42 Å². The lowest BCUT2D eigenvalue weighted by molar-refractivity contribution is -0.118. The fraction of sp³-hybridized carbons (Fsp3) is 0.269. The van der Waals surface area contributed by atoms with Gasteiger partial charge in [0.25, 0.3) is 11.8 Å². The molecule has 2 aliphatic rings. The molecule has 2 N–H and O–H groups in total. The number of nitrogens with one attached hydrogen (secondary N) is 2. The standard InChI is InChI=1S/C26H25N3O4S/c1-15(2)23(28-24(30)20-7-5-13-33-20)25(31)27-16-9-12-19-22(14-16)34-21-8-4-3-6-18(21)26(32)29(19)17-10-11-17/h3-9,12-15,17,23H,10-11H2,1-2H3,(H,27,31)(H,28,30)/t23-/m1/s1. The number of fused-ring (bicyclic) bond motifs is 2. The normalized spacial score (nSPS) is 15.9. The van der Waals surface area contributed by atoms with Crippen LogP contribution in [-0.2, 0) is 4.79 Å². The molecule has 7 nitrogen and oxygen atoms in total. The van der Waals surface area contributed by atoms with Gasteiger partial charge < -0.3 is 20.0 Å². The Labute approximate surface area is 201 Å². The summed E-state index contributed by atoms with van der Waals surface area (Å²) in [6.45, 7) is 3.74. The van der Waals surface area contributed by atoms with Crippen molar-refractivity contribution in [1.82, 2.24) is 5.32 Å². The molecule has 3 aromatic rings. The molecule has 2 heterocycles. The van der Waals surface area contributed by atoms with E-state index < -0.39 is 11.9 Å². The minimum absolute atomic E-state index is 0.0154. The molecule has 3 amide bonds. The van der Waals surface area contributed by atoms with Crippen molar-refractivity contribution in [3.63, 3.8) is 0 Å². The summed E-state index contributed by atoms with van der Waals surface area (Å²) in [5.41, 5.74) is 2.16. The Balaban J connectivity index is 1.40. The maximum absolute atomic E-state index is 13.3. The van der Waals surface area contributed by atoms with Gasteiger partial charge in [-0.25, -0.2) is 0 Å². The van der Waals surface area contributed by atoms with Crippen LogP contribution in [0.3, 0.4) is 0 Å². The summed E-state index contributed by atoms with van der Waals surface area (Å²) in [4.78, 5) is 42.5. The minimum Gasteiger partial charge on any atom is -0.459 e. The van der Waals surface area contributed by atoms with Crippen molar-refractivity contribution in [2.45, 2.75) is 48.6 Å². The molecule has 0 radical (unpaired) electrons. The second-order valence-electron chi connectivity index (χ2n) is 8.85. The molecule has 2 aromatic carbocycles. The molecule has 34 heavy (non-hydrogen) atoms. The quantitative estimate of drug-likeness (QED) is 0.527. The molecule has 8 heteroatoms. The number of benzene rings is 2. The van der Waals surface area contributed by atoms with Gasteiger partial charge in [-0.15, -0.1) is 0 Å². The van der Waals surface area contributed by atoms with E-state index in [1.165, 1.54) is 18.0 Å². The first-order valence-electron chi connectivity index (χ1n) is 11.3. The van der Waals surface area contributed by atoms with Crippen LogP contribution in [0.15, 0.2) is 75.1 Å². The third kappa shape index (κ3) is 4.33. The molecule has 1 fully saturated rings. The van der Waals surface area contributed by atoms with E-state index in [-0.39, 0.29) is 29.5 Å². The SMILES string of the molecule is CC(C)[C@@H](NC(=O)c1ccco1)C(=O)Nc1ccc2c(c1)Sc1ccccc1C(=O)N2C1CC1. The Hall–Kier alpha value is -3.52. The second kappa shape index (κ2) is 9.02. The Morgan fingerprint density at radius 1 is 1.06 bits per heavy atom. The van der Waals surface area contributed by atoms with E-state index in [0.29, 0.717) is 11.3 Å². The summed E-state index contributed by atoms with van der Waals surface area (Å²) in [6.07, 6.45) is 3.39. The third-order valence-corrected chi connectivity index (χ3v) is 7.06. The van der Waals surface area contributed by atoms with E-state index in [1.54, 1.807) is 12.1 Å². The molecular formula is C26H25N3O4S. The molecule has 0 unspecified atom stereocenters. The average Bonchev–Trinajstić information content (AvgIpc) is 3.51. The number of anilines is 2. The van der Waals surface area contributed by atoms with Gasteiger partial charge >= 0.3 is 0 Å². The van der Waals surface area contributed by atoms with Crippen LogP contribution in [0.5, 0.6) is 0 Å². The molecule has 174 valence electrons. The number of rotatable bonds is 6. The van der Waals surface area contributed by atoms with Crippen molar-refractivity contribution >= 4 is 40.9 Å². The van der Waals surface area contributed by atoms with Gasteiger partial charge in [0.15, 0.2) is 5.76 Å². The topological polar surface area (TPSA) is 91.6 Å². The lowest BCUT2D eigenvalue weighted by atomic mass is 10.0. The Morgan fingerprint density at radius 2 is 1.85 bits per heavy atom. The fourth-order valence-corrected chi connectivity index (χ4v) is 5.14. The highest BCUT2D eigenvalue weighted by atomic mass is 32.2. The van der Waals surface area contributed by atoms with E-state index in [0.717, 1.165) is 28.3 Å². The number of furan rings is 1. The van der Waals surface area contributed by atoms with Gasteiger partial charge in [-0.3, -0.25) is 14.4 Å². The van der Waals surface area contributed by atoms with Gasteiger partial charge in [0, 0.05) is 21.5 Å². The van der Waals surface area contributed by atoms with Crippen molar-refractivity contribution in [1.29, 1.82) is 0 Å². The van der Waals surface area contributed by atoms with Crippen molar-refractivity contribution in [3.05, 3.63) is 72.2 Å². The highest BCUT2D eigenvalue weighted by Crippen LogP contribution is 2.46. The highest BCUT2D eigenvalue weighted by Gasteiger charge is 2.38. The molecule has 0 bridgehead atoms. The van der Waals surface area contributed by atoms with Crippen LogP contribution < -0.4 is 15.5 Å². The van der Waals surface area contributed by atoms with Crippen LogP contribution in [0.25, 0.3) is 0 Å². The van der Waals surface area contributed by atoms with Crippen LogP contribution >= 0.6 is 11.8 Å². The van der Waals surface area contributed by atoms with Crippen LogP contribution in [0, 0.1) is 5.92 Å². The van der Waals surface area contributed by atoms with Gasteiger partial charge in [0.2, 0.25) is 5.91 Å². The minimum atomic E-state index is -0.741. The van der Waals surface area contributed by atoms with E-state index in [1.807, 2.05) is 61.2 Å². The maximum atomic E-state index is 13.3. The van der Waals surface area contributed by atoms with Crippen LogP contribution in [0.1, 0.15) is 47.6 Å². The number of hydrogen-bond donors (Lipinski definition) is 2. The monoisotopic (exact) mass is 475 g/mol.